The summed E-state index contributed by atoms with van der Waals surface area (Å²) >= 11 is 1.64. The number of allylic oxidation sites excluding steroid dienone is 10. The standard InChI is InChI=1S/C34H48N2O6S/c1-3-5-6-7-8-9-10-11-12-13-14-15-16-17-18-19-20-21-26-43-31(4-2)32(38)35-24-25-42-34(41)36-28-22-23-30(37)29(27-28)33(39)40/h5-6,8-9,11-12,14-15,17-18,22-23,27,31,37H,3-4,7,10,13,16,19-21,24-26H2,1-2H3,(H,35,38)(H,36,41)(H,39,40)/t31-/m1/s1. The number of anilines is 1. The van der Waals surface area contributed by atoms with Gasteiger partial charge in [-0.15, -0.1) is 11.8 Å². The van der Waals surface area contributed by atoms with Crippen LogP contribution in [0.5, 0.6) is 5.75 Å². The lowest BCUT2D eigenvalue weighted by Gasteiger charge is -2.15. The number of carbonyl (C=O) groups excluding carboxylic acids is 2. The highest BCUT2D eigenvalue weighted by molar-refractivity contribution is 8.00. The summed E-state index contributed by atoms with van der Waals surface area (Å²) in [5.41, 5.74) is -0.157. The summed E-state index contributed by atoms with van der Waals surface area (Å²) < 4.78 is 5.04. The maximum atomic E-state index is 12.5. The van der Waals surface area contributed by atoms with Crippen LogP contribution in [0.2, 0.25) is 0 Å². The van der Waals surface area contributed by atoms with Crippen LogP contribution in [0.15, 0.2) is 79.0 Å². The number of carbonyl (C=O) groups is 3. The van der Waals surface area contributed by atoms with Crippen molar-refractivity contribution in [1.82, 2.24) is 5.32 Å². The van der Waals surface area contributed by atoms with E-state index in [0.29, 0.717) is 6.42 Å². The lowest BCUT2D eigenvalue weighted by Crippen LogP contribution is -2.35. The van der Waals surface area contributed by atoms with Gasteiger partial charge in [0.15, 0.2) is 0 Å². The van der Waals surface area contributed by atoms with Crippen molar-refractivity contribution in [3.63, 3.8) is 0 Å². The van der Waals surface area contributed by atoms with Gasteiger partial charge in [0.25, 0.3) is 0 Å². The van der Waals surface area contributed by atoms with Gasteiger partial charge in [0.05, 0.1) is 11.8 Å². The van der Waals surface area contributed by atoms with Gasteiger partial charge < -0.3 is 20.3 Å². The SMILES string of the molecule is CCC=CCC=CCC=CCC=CCC=CCCCCS[C@H](CC)C(=O)NCCOC(=O)Nc1ccc(O)c(C(=O)O)c1. The van der Waals surface area contributed by atoms with E-state index >= 15 is 0 Å². The highest BCUT2D eigenvalue weighted by Crippen LogP contribution is 2.21. The monoisotopic (exact) mass is 612 g/mol. The number of nitrogens with one attached hydrogen (secondary N) is 2. The largest absolute Gasteiger partial charge is 0.507 e. The predicted molar refractivity (Wildman–Crippen MR) is 178 cm³/mol. The summed E-state index contributed by atoms with van der Waals surface area (Å²) in [7, 11) is 0. The van der Waals surface area contributed by atoms with Gasteiger partial charge in [0, 0.05) is 5.69 Å². The Morgan fingerprint density at radius 2 is 1.49 bits per heavy atom. The minimum atomic E-state index is -1.31. The highest BCUT2D eigenvalue weighted by atomic mass is 32.2. The maximum absolute atomic E-state index is 12.5. The Morgan fingerprint density at radius 1 is 0.884 bits per heavy atom. The number of carboxylic acids is 1. The quantitative estimate of drug-likeness (QED) is 0.0591. The van der Waals surface area contributed by atoms with E-state index in [4.69, 9.17) is 9.84 Å². The van der Waals surface area contributed by atoms with Crippen LogP contribution in [0.1, 0.15) is 82.0 Å². The van der Waals surface area contributed by atoms with E-state index < -0.39 is 17.8 Å². The number of thioether (sulfide) groups is 1. The molecule has 43 heavy (non-hydrogen) atoms. The molecule has 1 aromatic rings. The summed E-state index contributed by atoms with van der Waals surface area (Å²) in [6.07, 6.45) is 30.0. The zero-order valence-electron chi connectivity index (χ0n) is 25.5. The minimum absolute atomic E-state index is 0.0320. The Balaban J connectivity index is 2.10. The number of benzene rings is 1. The van der Waals surface area contributed by atoms with Gasteiger partial charge in [-0.05, 0) is 81.7 Å². The fourth-order valence-corrected chi connectivity index (χ4v) is 4.83. The molecule has 1 atom stereocenters. The molecular formula is C34H48N2O6S. The third-order valence-corrected chi connectivity index (χ3v) is 7.49. The summed E-state index contributed by atoms with van der Waals surface area (Å²) in [6.45, 7) is 4.25. The third-order valence-electron chi connectivity index (χ3n) is 6.01. The van der Waals surface area contributed by atoms with Crippen molar-refractivity contribution in [1.29, 1.82) is 0 Å². The molecule has 0 bridgehead atoms. The molecule has 2 amide bonds. The number of rotatable bonds is 22. The van der Waals surface area contributed by atoms with Crippen LogP contribution in [0.25, 0.3) is 0 Å². The van der Waals surface area contributed by atoms with Gasteiger partial charge in [-0.2, -0.15) is 0 Å². The Morgan fingerprint density at radius 3 is 2.07 bits per heavy atom. The lowest BCUT2D eigenvalue weighted by atomic mass is 10.2. The van der Waals surface area contributed by atoms with Crippen molar-refractivity contribution in [3.05, 3.63) is 84.5 Å². The van der Waals surface area contributed by atoms with E-state index in [0.717, 1.165) is 63.2 Å². The van der Waals surface area contributed by atoms with Gasteiger partial charge in [0.2, 0.25) is 5.91 Å². The maximum Gasteiger partial charge on any atom is 0.411 e. The first-order chi connectivity index (χ1) is 20.9. The molecule has 0 aromatic heterocycles. The summed E-state index contributed by atoms with van der Waals surface area (Å²) in [6, 6.07) is 3.66. The fourth-order valence-electron chi connectivity index (χ4n) is 3.71. The van der Waals surface area contributed by atoms with Crippen LogP contribution >= 0.6 is 11.8 Å². The van der Waals surface area contributed by atoms with E-state index in [-0.39, 0.29) is 35.6 Å². The van der Waals surface area contributed by atoms with E-state index in [9.17, 15) is 19.5 Å². The van der Waals surface area contributed by atoms with Crippen LogP contribution in [0.4, 0.5) is 10.5 Å². The molecule has 0 unspecified atom stereocenters. The molecule has 0 radical (unpaired) electrons. The molecular weight excluding hydrogens is 564 g/mol. The Labute approximate surface area is 261 Å². The van der Waals surface area contributed by atoms with Crippen molar-refractivity contribution in [2.45, 2.75) is 76.9 Å². The Bertz CT molecular complexity index is 1110. The summed E-state index contributed by atoms with van der Waals surface area (Å²) in [5, 5.41) is 23.6. The van der Waals surface area contributed by atoms with Gasteiger partial charge in [0.1, 0.15) is 17.9 Å². The third kappa shape index (κ3) is 19.2. The fraction of sp³-hybridized carbons (Fsp3) is 0.441. The summed E-state index contributed by atoms with van der Waals surface area (Å²) in [4.78, 5) is 35.5. The molecule has 0 aliphatic rings. The first-order valence-electron chi connectivity index (χ1n) is 15.0. The number of aromatic carboxylic acids is 1. The highest BCUT2D eigenvalue weighted by Gasteiger charge is 2.16. The van der Waals surface area contributed by atoms with Gasteiger partial charge in [-0.3, -0.25) is 10.1 Å². The number of hydrogen-bond acceptors (Lipinski definition) is 6. The number of amides is 2. The normalized spacial score (nSPS) is 12.6. The molecule has 0 aliphatic carbocycles. The first kappa shape index (κ1) is 37.3. The number of phenols is 1. The topological polar surface area (TPSA) is 125 Å². The number of unbranched alkanes of at least 4 members (excludes halogenated alkanes) is 2. The molecule has 0 spiro atoms. The minimum Gasteiger partial charge on any atom is -0.507 e. The molecule has 0 saturated heterocycles. The van der Waals surface area contributed by atoms with E-state index in [1.54, 1.807) is 11.8 Å². The second kappa shape index (κ2) is 24.8. The molecule has 9 heteroatoms. The zero-order valence-corrected chi connectivity index (χ0v) is 26.3. The molecule has 0 aliphatic heterocycles. The molecule has 8 nitrogen and oxygen atoms in total. The van der Waals surface area contributed by atoms with Crippen molar-refractivity contribution < 1.29 is 29.3 Å². The van der Waals surface area contributed by atoms with Crippen molar-refractivity contribution in [3.8, 4) is 5.75 Å². The van der Waals surface area contributed by atoms with E-state index in [1.807, 2.05) is 6.92 Å². The number of hydrogen-bond donors (Lipinski definition) is 4. The molecule has 1 aromatic carbocycles. The van der Waals surface area contributed by atoms with Gasteiger partial charge in [-0.1, -0.05) is 74.6 Å². The number of ether oxygens (including phenoxy) is 1. The van der Waals surface area contributed by atoms with Crippen molar-refractivity contribution in [2.75, 3.05) is 24.2 Å². The second-order valence-electron chi connectivity index (χ2n) is 9.56. The molecule has 0 saturated carbocycles. The number of aromatic hydroxyl groups is 1. The second-order valence-corrected chi connectivity index (χ2v) is 10.9. The van der Waals surface area contributed by atoms with Crippen LogP contribution < -0.4 is 10.6 Å². The van der Waals surface area contributed by atoms with E-state index in [1.165, 1.54) is 12.1 Å². The molecule has 0 fully saturated rings. The van der Waals surface area contributed by atoms with Crippen LogP contribution in [0.3, 0.4) is 0 Å². The van der Waals surface area contributed by atoms with Crippen molar-refractivity contribution in [2.24, 2.45) is 0 Å². The number of carboxylic acid groups (broad SMARTS) is 1. The molecule has 1 rings (SSSR count). The smallest absolute Gasteiger partial charge is 0.411 e. The van der Waals surface area contributed by atoms with Crippen molar-refractivity contribution >= 4 is 35.4 Å². The first-order valence-corrected chi connectivity index (χ1v) is 16.1. The average Bonchev–Trinajstić information content (AvgIpc) is 2.99. The molecule has 4 N–H and O–H groups in total. The molecule has 236 valence electrons. The van der Waals surface area contributed by atoms with Crippen LogP contribution in [0, 0.1) is 0 Å². The lowest BCUT2D eigenvalue weighted by molar-refractivity contribution is -0.120. The zero-order chi connectivity index (χ0) is 31.5. The predicted octanol–water partition coefficient (Wildman–Crippen LogP) is 8.19. The summed E-state index contributed by atoms with van der Waals surface area (Å²) in [5.74, 6) is -0.895. The Kier molecular flexibility index (Phi) is 21.5. The molecule has 0 heterocycles. The van der Waals surface area contributed by atoms with Crippen LogP contribution in [-0.2, 0) is 9.53 Å². The van der Waals surface area contributed by atoms with Crippen LogP contribution in [-0.4, -0.2) is 52.3 Å². The van der Waals surface area contributed by atoms with Gasteiger partial charge >= 0.3 is 12.1 Å². The van der Waals surface area contributed by atoms with E-state index in [2.05, 4.69) is 78.3 Å². The average molecular weight is 613 g/mol. The Hall–Kier alpha value is -3.72. The van der Waals surface area contributed by atoms with Gasteiger partial charge in [-0.25, -0.2) is 9.59 Å².